The molecule has 0 bridgehead atoms. The number of carbonyl (C=O) groups excluding carboxylic acids is 12. The molecule has 28 nitrogen and oxygen atoms in total. The number of aliphatic hydroxyl groups excluding tert-OH is 1. The maximum atomic E-state index is 15.6. The number of hydrogen-bond donors (Lipinski definition) is 6. The van der Waals surface area contributed by atoms with E-state index in [0.717, 1.165) is 61.2 Å². The molecule has 0 aromatic heterocycles. The van der Waals surface area contributed by atoms with Crippen molar-refractivity contribution in [3.63, 3.8) is 0 Å². The van der Waals surface area contributed by atoms with E-state index >= 15 is 38.4 Å². The summed E-state index contributed by atoms with van der Waals surface area (Å²) in [4.78, 5) is 191. The molecule has 2 aliphatic carbocycles. The highest BCUT2D eigenvalue weighted by Gasteiger charge is 2.45. The molecule has 6 N–H and O–H groups in total. The maximum absolute atomic E-state index is 15.6. The maximum Gasteiger partial charge on any atom is 0.248 e. The zero-order valence-electron chi connectivity index (χ0n) is 66.9. The van der Waals surface area contributed by atoms with Crippen molar-refractivity contribution in [3.8, 4) is 0 Å². The molecule has 29 heteroatoms. The van der Waals surface area contributed by atoms with Crippen molar-refractivity contribution < 1.29 is 77.2 Å². The quantitative estimate of drug-likeness (QED) is 0.0917. The number of halogens is 1. The predicted octanol–water partition coefficient (Wildman–Crippen LogP) is 4.45. The highest BCUT2D eigenvalue weighted by Crippen LogP contribution is 2.34. The second-order valence-corrected chi connectivity index (χ2v) is 33.8. The fourth-order valence-corrected chi connectivity index (χ4v) is 14.8. The molecule has 105 heavy (non-hydrogen) atoms. The Labute approximate surface area is 630 Å². The van der Waals surface area contributed by atoms with Gasteiger partial charge in [-0.3, -0.25) is 57.5 Å². The average Bonchev–Trinajstić information content (AvgIpc) is 0.821. The van der Waals surface area contributed by atoms with Gasteiger partial charge in [-0.2, -0.15) is 0 Å². The number of ether oxygens (including phenoxy) is 2. The van der Waals surface area contributed by atoms with Gasteiger partial charge in [0.05, 0.1) is 56.6 Å². The molecule has 4 aliphatic rings. The molecule has 2 heterocycles. The van der Waals surface area contributed by atoms with Gasteiger partial charge >= 0.3 is 0 Å². The van der Waals surface area contributed by atoms with Crippen molar-refractivity contribution in [2.24, 2.45) is 29.6 Å². The van der Waals surface area contributed by atoms with Crippen molar-refractivity contribution >= 4 is 82.5 Å². The van der Waals surface area contributed by atoms with Crippen LogP contribution in [0.4, 0.5) is 0 Å². The van der Waals surface area contributed by atoms with Gasteiger partial charge in [-0.25, -0.2) is 0 Å². The van der Waals surface area contributed by atoms with E-state index < -0.39 is 169 Å². The first kappa shape index (κ1) is 91.2. The number of likely N-dealkylation sites (tertiary alicyclic amines) is 1. The fraction of sp³-hybridized carbons (Fsp3) is 0.842. The molecule has 12 amide bonds. The van der Waals surface area contributed by atoms with E-state index in [1.807, 2.05) is 41.5 Å². The first-order valence-corrected chi connectivity index (χ1v) is 39.0. The third kappa shape index (κ3) is 29.0. The molecule has 4 fully saturated rings. The zero-order valence-corrected chi connectivity index (χ0v) is 67.7. The smallest absolute Gasteiger partial charge is 0.248 e. The van der Waals surface area contributed by atoms with Gasteiger partial charge in [-0.05, 0) is 142 Å². The number of carbonyl (C=O) groups is 12. The lowest BCUT2D eigenvalue weighted by molar-refractivity contribution is -0.152. The summed E-state index contributed by atoms with van der Waals surface area (Å²) in [5.74, 6) is -9.75. The minimum atomic E-state index is -1.69. The molecule has 12 atom stereocenters. The molecule has 0 aromatic rings. The summed E-state index contributed by atoms with van der Waals surface area (Å²) >= 11 is 6.78. The molecule has 0 spiro atoms. The fourth-order valence-electron chi connectivity index (χ4n) is 14.4. The van der Waals surface area contributed by atoms with Gasteiger partial charge in [0, 0.05) is 67.3 Å². The van der Waals surface area contributed by atoms with Crippen LogP contribution in [0.2, 0.25) is 0 Å². The van der Waals surface area contributed by atoms with Crippen molar-refractivity contribution in [2.75, 3.05) is 94.8 Å². The summed E-state index contributed by atoms with van der Waals surface area (Å²) in [7, 11) is 8.44. The van der Waals surface area contributed by atoms with Crippen molar-refractivity contribution in [1.29, 1.82) is 0 Å². The van der Waals surface area contributed by atoms with Gasteiger partial charge in [-0.15, -0.1) is 11.6 Å². The minimum Gasteiger partial charge on any atom is -0.391 e. The summed E-state index contributed by atoms with van der Waals surface area (Å²) in [5.41, 5.74) is -2.26. The predicted molar refractivity (Wildman–Crippen MR) is 400 cm³/mol. The van der Waals surface area contributed by atoms with Crippen LogP contribution in [0, 0.1) is 29.6 Å². The number of likely N-dealkylation sites (N-methyl/N-ethyl adjacent to an activating group) is 6. The molecule has 0 aromatic carbocycles. The van der Waals surface area contributed by atoms with E-state index in [4.69, 9.17) is 21.1 Å². The first-order valence-electron chi connectivity index (χ1n) is 38.6. The summed E-state index contributed by atoms with van der Waals surface area (Å²) in [5, 5.41) is 33.3. The van der Waals surface area contributed by atoms with Crippen LogP contribution < -0.4 is 21.3 Å². The Kier molecular flexibility index (Phi) is 36.9. The van der Waals surface area contributed by atoms with Crippen molar-refractivity contribution in [2.45, 2.75) is 289 Å². The second-order valence-electron chi connectivity index (χ2n) is 33.2. The highest BCUT2D eigenvalue weighted by molar-refractivity contribution is 6.20. The second kappa shape index (κ2) is 42.5. The highest BCUT2D eigenvalue weighted by atomic mass is 35.5. The standard InChI is InChI=1S/C76H133ClN12O16/c1-20-32-89-43-64(93)84(16)61(40-52-30-27-31-53(77)38-52)73(101)87(19)58(36-48(4)5)67(95)80-56(45-105-75(9,10)11)71(99)85(17)57(35-47(2)3)66(94)78-54(72(100)88-33-25-22-26-34-88)41-62(91)82(14)42-63(92)83(15)60(39-51-28-23-21-24-29-51)68(96)79-55(44-104-46-76(12,13)103)70(98)86(18)59(37-49(6)7)69(97)81-65(50(8)90)74(89)102/h47-61,65,90,103H,20-46H2,1-19H3,(H,78,94)(H,79,96)(H,80,95)(H,81,97)/t50-,52?,53?,54+,55+,56+,57+,58+,59+,60+,61+,65+/m1/s1. The number of rotatable bonds is 20. The molecule has 4 rings (SSSR count). The first-order chi connectivity index (χ1) is 49.0. The van der Waals surface area contributed by atoms with Gasteiger partial charge in [0.15, 0.2) is 0 Å². The number of hydrogen-bond acceptors (Lipinski definition) is 16. The molecular formula is C76H133ClN12O16. The Morgan fingerprint density at radius 1 is 0.533 bits per heavy atom. The Hall–Kier alpha value is -6.23. The van der Waals surface area contributed by atoms with Gasteiger partial charge in [0.1, 0.15) is 54.4 Å². The lowest BCUT2D eigenvalue weighted by Crippen LogP contribution is -2.62. The number of nitrogens with zero attached hydrogens (tertiary/aromatic N) is 8. The van der Waals surface area contributed by atoms with Crippen LogP contribution >= 0.6 is 11.6 Å². The van der Waals surface area contributed by atoms with E-state index in [0.29, 0.717) is 45.2 Å². The molecule has 2 unspecified atom stereocenters. The van der Waals surface area contributed by atoms with Crippen LogP contribution in [0.5, 0.6) is 0 Å². The van der Waals surface area contributed by atoms with E-state index in [2.05, 4.69) is 21.3 Å². The minimum absolute atomic E-state index is 0.00455. The number of aliphatic hydroxyl groups is 2. The zero-order chi connectivity index (χ0) is 79.1. The van der Waals surface area contributed by atoms with Gasteiger partial charge < -0.3 is 80.2 Å². The molecule has 2 aliphatic heterocycles. The van der Waals surface area contributed by atoms with E-state index in [9.17, 15) is 29.4 Å². The van der Waals surface area contributed by atoms with Crippen LogP contribution in [0.25, 0.3) is 0 Å². The average molecular weight is 1510 g/mol. The number of alkyl halides is 1. The number of amides is 12. The van der Waals surface area contributed by atoms with Gasteiger partial charge in [0.25, 0.3) is 0 Å². The van der Waals surface area contributed by atoms with Crippen molar-refractivity contribution in [1.82, 2.24) is 60.5 Å². The third-order valence-corrected chi connectivity index (χ3v) is 21.0. The largest absolute Gasteiger partial charge is 0.391 e. The Balaban J connectivity index is 2.00. The summed E-state index contributed by atoms with van der Waals surface area (Å²) in [6, 6.07) is -12.6. The third-order valence-electron chi connectivity index (χ3n) is 20.6. The molecule has 2 saturated carbocycles. The summed E-state index contributed by atoms with van der Waals surface area (Å²) < 4.78 is 12.2. The number of nitrogens with one attached hydrogen (secondary N) is 4. The van der Waals surface area contributed by atoms with Crippen LogP contribution in [-0.4, -0.2) is 292 Å². The Morgan fingerprint density at radius 2 is 0.990 bits per heavy atom. The van der Waals surface area contributed by atoms with Crippen molar-refractivity contribution in [3.05, 3.63) is 0 Å². The normalized spacial score (nSPS) is 27.4. The van der Waals surface area contributed by atoms with E-state index in [1.54, 1.807) is 32.6 Å². The van der Waals surface area contributed by atoms with Crippen LogP contribution in [-0.2, 0) is 67.0 Å². The monoisotopic (exact) mass is 1500 g/mol. The Morgan fingerprint density at radius 3 is 1.49 bits per heavy atom. The van der Waals surface area contributed by atoms with E-state index in [-0.39, 0.29) is 86.8 Å². The SMILES string of the molecule is CCCN1CC(=O)N(C)[C@@H](CC2CCCC(Cl)C2)C(=O)N(C)[C@@H](CC(C)C)C(=O)N[C@@H](COC(C)(C)C)C(=O)N(C)[C@@H](CC(C)C)C(=O)N[C@H](C(=O)N2CCCCC2)CC(=O)N(C)CC(=O)N(C)[C@@H](CC2CCCCC2)C(=O)N[C@@H](COCC(C)(C)O)C(=O)N(C)[C@@H](CC(C)C)C(=O)N[C@@H]([C@@H](C)O)C1=O. The molecule has 600 valence electrons. The van der Waals surface area contributed by atoms with Crippen LogP contribution in [0.1, 0.15) is 212 Å². The lowest BCUT2D eigenvalue weighted by Gasteiger charge is -2.39. The molecular weight excluding hydrogens is 1370 g/mol. The van der Waals surface area contributed by atoms with E-state index in [1.165, 1.54) is 87.6 Å². The molecule has 0 radical (unpaired) electrons. The lowest BCUT2D eigenvalue weighted by atomic mass is 9.83. The number of piperidine rings is 1. The Bertz CT molecular complexity index is 2890. The van der Waals surface area contributed by atoms with Gasteiger partial charge in [-0.1, -0.05) is 93.4 Å². The van der Waals surface area contributed by atoms with Gasteiger partial charge in [0.2, 0.25) is 70.9 Å². The van der Waals surface area contributed by atoms with Crippen LogP contribution in [0.3, 0.4) is 0 Å². The topological polar surface area (TPSA) is 338 Å². The molecule has 2 saturated heterocycles. The summed E-state index contributed by atoms with van der Waals surface area (Å²) in [6.07, 6.45) is 7.64. The van der Waals surface area contributed by atoms with Crippen LogP contribution in [0.15, 0.2) is 0 Å². The summed E-state index contributed by atoms with van der Waals surface area (Å²) in [6.45, 7) is 20.6.